The third-order valence-corrected chi connectivity index (χ3v) is 4.85. The van der Waals surface area contributed by atoms with Gasteiger partial charge in [0.25, 0.3) is 0 Å². The second-order valence-electron chi connectivity index (χ2n) is 6.52. The van der Waals surface area contributed by atoms with Crippen LogP contribution in [0.1, 0.15) is 19.8 Å². The molecule has 6 nitrogen and oxygen atoms in total. The number of hydrogen-bond acceptors (Lipinski definition) is 6. The molecule has 1 N–H and O–H groups in total. The summed E-state index contributed by atoms with van der Waals surface area (Å²) in [5.74, 6) is 0.954. The molecule has 0 amide bonds. The molecular weight excluding hydrogens is 278 g/mol. The maximum absolute atomic E-state index is 10.9. The van der Waals surface area contributed by atoms with Crippen LogP contribution in [0.3, 0.4) is 0 Å². The van der Waals surface area contributed by atoms with Gasteiger partial charge >= 0.3 is 0 Å². The lowest BCUT2D eigenvalue weighted by atomic mass is 9.92. The fraction of sp³-hybridized carbons (Fsp3) is 0.750. The van der Waals surface area contributed by atoms with Gasteiger partial charge in [-0.2, -0.15) is 0 Å². The lowest BCUT2D eigenvalue weighted by molar-refractivity contribution is -0.0527. The molecule has 2 aliphatic heterocycles. The molecule has 3 heterocycles. The Morgan fingerprint density at radius 1 is 1.14 bits per heavy atom. The standard InChI is InChI=1S/C16H27N5O/c1-2-19-7-3-4-16(22,13-19)14-20-8-10-21(11-9-20)15-12-17-5-6-18-15/h5-6,12,22H,2-4,7-11,13-14H2,1H3/t16-/m0/s1. The SMILES string of the molecule is CCN1CCC[C@@](O)(CN2CCN(c3cnccn3)CC2)C1. The van der Waals surface area contributed by atoms with Gasteiger partial charge in [0.15, 0.2) is 0 Å². The van der Waals surface area contributed by atoms with Crippen molar-refractivity contribution in [2.45, 2.75) is 25.4 Å². The van der Waals surface area contributed by atoms with Gasteiger partial charge < -0.3 is 14.9 Å². The van der Waals surface area contributed by atoms with E-state index in [-0.39, 0.29) is 0 Å². The highest BCUT2D eigenvalue weighted by molar-refractivity contribution is 5.35. The molecule has 22 heavy (non-hydrogen) atoms. The van der Waals surface area contributed by atoms with Crippen LogP contribution in [-0.2, 0) is 0 Å². The van der Waals surface area contributed by atoms with Crippen LogP contribution in [0.4, 0.5) is 5.82 Å². The van der Waals surface area contributed by atoms with E-state index in [1.807, 2.05) is 6.20 Å². The summed E-state index contributed by atoms with van der Waals surface area (Å²) in [6.07, 6.45) is 7.30. The first-order chi connectivity index (χ1) is 10.7. The van der Waals surface area contributed by atoms with Gasteiger partial charge in [-0.05, 0) is 25.9 Å². The molecule has 0 radical (unpaired) electrons. The Morgan fingerprint density at radius 3 is 2.64 bits per heavy atom. The molecule has 1 atom stereocenters. The van der Waals surface area contributed by atoms with E-state index in [9.17, 15) is 5.11 Å². The van der Waals surface area contributed by atoms with Crippen molar-refractivity contribution in [3.05, 3.63) is 18.6 Å². The van der Waals surface area contributed by atoms with Crippen LogP contribution in [-0.4, -0.2) is 82.8 Å². The first kappa shape index (κ1) is 15.6. The van der Waals surface area contributed by atoms with Crippen molar-refractivity contribution in [2.24, 2.45) is 0 Å². The number of aromatic nitrogens is 2. The number of piperazine rings is 1. The maximum Gasteiger partial charge on any atom is 0.147 e. The van der Waals surface area contributed by atoms with Crippen LogP contribution < -0.4 is 4.90 Å². The Kier molecular flexibility index (Phi) is 4.90. The second-order valence-corrected chi connectivity index (χ2v) is 6.52. The van der Waals surface area contributed by atoms with Crippen LogP contribution in [0.25, 0.3) is 0 Å². The number of β-amino-alcohol motifs (C(OH)–C–C–N with tert-alkyl or cyclic N) is 1. The Morgan fingerprint density at radius 2 is 1.95 bits per heavy atom. The lowest BCUT2D eigenvalue weighted by Gasteiger charge is -2.43. The van der Waals surface area contributed by atoms with E-state index in [1.54, 1.807) is 12.4 Å². The van der Waals surface area contributed by atoms with Gasteiger partial charge in [-0.3, -0.25) is 9.88 Å². The predicted octanol–water partition coefficient (Wildman–Crippen LogP) is 0.445. The second kappa shape index (κ2) is 6.89. The van der Waals surface area contributed by atoms with E-state index in [0.717, 1.165) is 71.0 Å². The zero-order valence-electron chi connectivity index (χ0n) is 13.5. The molecule has 0 unspecified atom stereocenters. The predicted molar refractivity (Wildman–Crippen MR) is 87.0 cm³/mol. The molecule has 0 aromatic carbocycles. The molecule has 122 valence electrons. The van der Waals surface area contributed by atoms with Crippen molar-refractivity contribution in [1.82, 2.24) is 19.8 Å². The first-order valence-electron chi connectivity index (χ1n) is 8.37. The van der Waals surface area contributed by atoms with Crippen molar-refractivity contribution in [3.63, 3.8) is 0 Å². The van der Waals surface area contributed by atoms with Gasteiger partial charge in [0.05, 0.1) is 11.8 Å². The van der Waals surface area contributed by atoms with Crippen LogP contribution in [0.15, 0.2) is 18.6 Å². The minimum Gasteiger partial charge on any atom is -0.387 e. The van der Waals surface area contributed by atoms with Gasteiger partial charge in [-0.25, -0.2) is 4.98 Å². The number of rotatable bonds is 4. The summed E-state index contributed by atoms with van der Waals surface area (Å²) in [6, 6.07) is 0. The van der Waals surface area contributed by atoms with E-state index in [4.69, 9.17) is 0 Å². The van der Waals surface area contributed by atoms with Crippen molar-refractivity contribution < 1.29 is 5.11 Å². The summed E-state index contributed by atoms with van der Waals surface area (Å²) in [4.78, 5) is 15.5. The summed E-state index contributed by atoms with van der Waals surface area (Å²) in [5, 5.41) is 10.9. The Balaban J connectivity index is 1.51. The Hall–Kier alpha value is -1.24. The van der Waals surface area contributed by atoms with Crippen LogP contribution in [0, 0.1) is 0 Å². The van der Waals surface area contributed by atoms with Gasteiger partial charge in [0.2, 0.25) is 0 Å². The topological polar surface area (TPSA) is 55.7 Å². The summed E-state index contributed by atoms with van der Waals surface area (Å²) in [5.41, 5.74) is -0.539. The van der Waals surface area contributed by atoms with Gasteiger partial charge in [-0.15, -0.1) is 0 Å². The summed E-state index contributed by atoms with van der Waals surface area (Å²) < 4.78 is 0. The van der Waals surface area contributed by atoms with E-state index in [2.05, 4.69) is 31.6 Å². The van der Waals surface area contributed by atoms with Gasteiger partial charge in [0, 0.05) is 51.7 Å². The molecule has 0 bridgehead atoms. The average Bonchev–Trinajstić information content (AvgIpc) is 2.56. The van der Waals surface area contributed by atoms with Gasteiger partial charge in [0.1, 0.15) is 5.82 Å². The molecule has 0 spiro atoms. The van der Waals surface area contributed by atoms with Crippen molar-refractivity contribution in [1.29, 1.82) is 0 Å². The third kappa shape index (κ3) is 3.74. The molecular formula is C16H27N5O. The first-order valence-corrected chi connectivity index (χ1v) is 8.37. The highest BCUT2D eigenvalue weighted by atomic mass is 16.3. The number of likely N-dealkylation sites (N-methyl/N-ethyl adjacent to an activating group) is 1. The Bertz CT molecular complexity index is 463. The third-order valence-electron chi connectivity index (χ3n) is 4.85. The quantitative estimate of drug-likeness (QED) is 0.871. The number of nitrogens with zero attached hydrogens (tertiary/aromatic N) is 5. The molecule has 2 aliphatic rings. The monoisotopic (exact) mass is 305 g/mol. The molecule has 1 aromatic heterocycles. The van der Waals surface area contributed by atoms with Crippen molar-refractivity contribution in [3.8, 4) is 0 Å². The molecule has 3 rings (SSSR count). The van der Waals surface area contributed by atoms with Gasteiger partial charge in [-0.1, -0.05) is 6.92 Å². The van der Waals surface area contributed by atoms with Crippen molar-refractivity contribution in [2.75, 3.05) is 57.3 Å². The largest absolute Gasteiger partial charge is 0.387 e. The zero-order chi connectivity index (χ0) is 15.4. The highest BCUT2D eigenvalue weighted by Crippen LogP contribution is 2.23. The summed E-state index contributed by atoms with van der Waals surface area (Å²) >= 11 is 0. The summed E-state index contributed by atoms with van der Waals surface area (Å²) in [6.45, 7) is 9.79. The normalized spacial score (nSPS) is 28.0. The molecule has 0 saturated carbocycles. The summed E-state index contributed by atoms with van der Waals surface area (Å²) in [7, 11) is 0. The zero-order valence-corrected chi connectivity index (χ0v) is 13.5. The molecule has 2 saturated heterocycles. The number of anilines is 1. The molecule has 0 aliphatic carbocycles. The average molecular weight is 305 g/mol. The highest BCUT2D eigenvalue weighted by Gasteiger charge is 2.35. The lowest BCUT2D eigenvalue weighted by Crippen LogP contribution is -2.57. The van der Waals surface area contributed by atoms with E-state index < -0.39 is 5.60 Å². The maximum atomic E-state index is 10.9. The number of likely N-dealkylation sites (tertiary alicyclic amines) is 1. The molecule has 1 aromatic rings. The Labute approximate surface area is 132 Å². The minimum atomic E-state index is -0.539. The fourth-order valence-corrected chi connectivity index (χ4v) is 3.61. The van der Waals surface area contributed by atoms with Crippen LogP contribution >= 0.6 is 0 Å². The number of hydrogen-bond donors (Lipinski definition) is 1. The van der Waals surface area contributed by atoms with Crippen molar-refractivity contribution >= 4 is 5.82 Å². The van der Waals surface area contributed by atoms with E-state index in [0.29, 0.717) is 0 Å². The number of piperidine rings is 1. The minimum absolute atomic E-state index is 0.539. The van der Waals surface area contributed by atoms with E-state index >= 15 is 0 Å². The van der Waals surface area contributed by atoms with Crippen LogP contribution in [0.2, 0.25) is 0 Å². The number of aliphatic hydroxyl groups is 1. The fourth-order valence-electron chi connectivity index (χ4n) is 3.61. The molecule has 2 fully saturated rings. The van der Waals surface area contributed by atoms with Crippen LogP contribution in [0.5, 0.6) is 0 Å². The smallest absolute Gasteiger partial charge is 0.147 e. The molecule has 6 heteroatoms. The van der Waals surface area contributed by atoms with E-state index in [1.165, 1.54) is 0 Å².